The summed E-state index contributed by atoms with van der Waals surface area (Å²) in [6.45, 7) is 9.24. The molecule has 0 radical (unpaired) electrons. The Hall–Kier alpha value is -0.660. The second-order valence-corrected chi connectivity index (χ2v) is 7.52. The van der Waals surface area contributed by atoms with Crippen LogP contribution in [-0.2, 0) is 0 Å². The minimum atomic E-state index is 0.632. The highest BCUT2D eigenvalue weighted by atomic mass is 15.4. The van der Waals surface area contributed by atoms with Gasteiger partial charge in [-0.1, -0.05) is 90.9 Å². The molecule has 0 aromatic heterocycles. The Labute approximate surface area is 152 Å². The number of unbranched alkanes of at least 4 members (excludes halogenated alkanes) is 11. The molecule has 1 unspecified atom stereocenters. The largest absolute Gasteiger partial charge is 0.356 e. The summed E-state index contributed by atoms with van der Waals surface area (Å²) in [5.41, 5.74) is 0. The van der Waals surface area contributed by atoms with Crippen molar-refractivity contribution < 1.29 is 0 Å². The van der Waals surface area contributed by atoms with Crippen LogP contribution in [0.1, 0.15) is 111 Å². The summed E-state index contributed by atoms with van der Waals surface area (Å²) in [5, 5.41) is 0. The molecule has 24 heavy (non-hydrogen) atoms. The second kappa shape index (κ2) is 14.7. The Bertz CT molecular complexity index is 300. The zero-order valence-electron chi connectivity index (χ0n) is 16.9. The van der Waals surface area contributed by atoms with Gasteiger partial charge >= 0.3 is 0 Å². The normalized spacial score (nSPS) is 17.2. The Balaban J connectivity index is 1.92. The molecule has 0 aromatic carbocycles. The maximum absolute atomic E-state index is 2.57. The van der Waals surface area contributed by atoms with Gasteiger partial charge in [-0.3, -0.25) is 0 Å². The van der Waals surface area contributed by atoms with Crippen LogP contribution in [0.4, 0.5) is 0 Å². The third kappa shape index (κ3) is 8.99. The smallest absolute Gasteiger partial charge is 0.101 e. The topological polar surface area (TPSA) is 6.48 Å². The molecule has 1 atom stereocenters. The van der Waals surface area contributed by atoms with Crippen LogP contribution in [0, 0.1) is 0 Å². The van der Waals surface area contributed by atoms with E-state index >= 15 is 0 Å². The maximum atomic E-state index is 2.57. The lowest BCUT2D eigenvalue weighted by molar-refractivity contribution is 0.145. The van der Waals surface area contributed by atoms with E-state index in [2.05, 4.69) is 43.0 Å². The van der Waals surface area contributed by atoms with Gasteiger partial charge in [0.1, 0.15) is 6.17 Å². The Morgan fingerprint density at radius 3 is 1.58 bits per heavy atom. The molecular formula is C22H44N2. The zero-order chi connectivity index (χ0) is 17.5. The van der Waals surface area contributed by atoms with Crippen LogP contribution in [0.5, 0.6) is 0 Å². The van der Waals surface area contributed by atoms with Gasteiger partial charge in [-0.15, -0.1) is 0 Å². The van der Waals surface area contributed by atoms with E-state index in [1.54, 1.807) is 0 Å². The Kier molecular flexibility index (Phi) is 13.1. The van der Waals surface area contributed by atoms with E-state index in [-0.39, 0.29) is 0 Å². The molecule has 2 nitrogen and oxygen atoms in total. The highest BCUT2D eigenvalue weighted by Gasteiger charge is 2.23. The highest BCUT2D eigenvalue weighted by Crippen LogP contribution is 2.21. The van der Waals surface area contributed by atoms with Crippen molar-refractivity contribution >= 4 is 0 Å². The highest BCUT2D eigenvalue weighted by molar-refractivity contribution is 4.96. The molecule has 2 heteroatoms. The van der Waals surface area contributed by atoms with E-state index < -0.39 is 0 Å². The molecule has 0 amide bonds. The summed E-state index contributed by atoms with van der Waals surface area (Å²) >= 11 is 0. The van der Waals surface area contributed by atoms with Gasteiger partial charge < -0.3 is 9.80 Å². The van der Waals surface area contributed by atoms with Crippen molar-refractivity contribution in [2.75, 3.05) is 13.1 Å². The van der Waals surface area contributed by atoms with Crippen molar-refractivity contribution in [3.05, 3.63) is 12.4 Å². The minimum Gasteiger partial charge on any atom is -0.356 e. The molecule has 1 heterocycles. The van der Waals surface area contributed by atoms with E-state index in [0.717, 1.165) is 6.54 Å². The van der Waals surface area contributed by atoms with Crippen LogP contribution in [0.15, 0.2) is 12.4 Å². The lowest BCUT2D eigenvalue weighted by Crippen LogP contribution is -2.38. The molecule has 0 N–H and O–H groups in total. The quantitative estimate of drug-likeness (QED) is 0.282. The first-order chi connectivity index (χ1) is 11.8. The monoisotopic (exact) mass is 336 g/mol. The lowest BCUT2D eigenvalue weighted by atomic mass is 10.1. The molecule has 1 aliphatic heterocycles. The molecule has 0 aliphatic carbocycles. The van der Waals surface area contributed by atoms with E-state index in [9.17, 15) is 0 Å². The number of hydrogen-bond acceptors (Lipinski definition) is 2. The second-order valence-electron chi connectivity index (χ2n) is 7.52. The fourth-order valence-electron chi connectivity index (χ4n) is 3.83. The predicted molar refractivity (Wildman–Crippen MR) is 108 cm³/mol. The molecule has 142 valence electrons. The van der Waals surface area contributed by atoms with Crippen LogP contribution >= 0.6 is 0 Å². The fourth-order valence-corrected chi connectivity index (χ4v) is 3.83. The molecule has 0 saturated carbocycles. The summed E-state index contributed by atoms with van der Waals surface area (Å²) in [6.07, 6.45) is 25.0. The fraction of sp³-hybridized carbons (Fsp3) is 0.909. The Morgan fingerprint density at radius 2 is 1.08 bits per heavy atom. The molecule has 0 bridgehead atoms. The van der Waals surface area contributed by atoms with Crippen molar-refractivity contribution in [3.63, 3.8) is 0 Å². The summed E-state index contributed by atoms with van der Waals surface area (Å²) < 4.78 is 0. The maximum Gasteiger partial charge on any atom is 0.101 e. The van der Waals surface area contributed by atoms with Gasteiger partial charge in [-0.2, -0.15) is 0 Å². The van der Waals surface area contributed by atoms with Crippen LogP contribution in [0.2, 0.25) is 0 Å². The van der Waals surface area contributed by atoms with Gasteiger partial charge in [0.2, 0.25) is 0 Å². The third-order valence-corrected chi connectivity index (χ3v) is 5.40. The van der Waals surface area contributed by atoms with Gasteiger partial charge in [-0.05, 0) is 19.8 Å². The molecule has 1 rings (SSSR count). The van der Waals surface area contributed by atoms with Crippen LogP contribution in [-0.4, -0.2) is 29.1 Å². The van der Waals surface area contributed by atoms with Crippen LogP contribution < -0.4 is 0 Å². The van der Waals surface area contributed by atoms with E-state index in [1.165, 1.54) is 96.4 Å². The van der Waals surface area contributed by atoms with Gasteiger partial charge in [0, 0.05) is 25.5 Å². The average Bonchev–Trinajstić information content (AvgIpc) is 2.98. The van der Waals surface area contributed by atoms with Gasteiger partial charge in [-0.25, -0.2) is 0 Å². The molecule has 0 spiro atoms. The van der Waals surface area contributed by atoms with Crippen molar-refractivity contribution in [2.24, 2.45) is 0 Å². The first-order valence-corrected chi connectivity index (χ1v) is 11.0. The summed E-state index contributed by atoms with van der Waals surface area (Å²) in [6, 6.07) is 0. The summed E-state index contributed by atoms with van der Waals surface area (Å²) in [5.74, 6) is 0. The van der Waals surface area contributed by atoms with Gasteiger partial charge in [0.25, 0.3) is 0 Å². The SMILES string of the molecule is CCCCCCCCCCCCCCN1C=CN(CC)C1CCC. The first-order valence-electron chi connectivity index (χ1n) is 11.0. The van der Waals surface area contributed by atoms with Gasteiger partial charge in [0.05, 0.1) is 0 Å². The van der Waals surface area contributed by atoms with E-state index in [4.69, 9.17) is 0 Å². The van der Waals surface area contributed by atoms with E-state index in [0.29, 0.717) is 6.17 Å². The number of rotatable bonds is 16. The predicted octanol–water partition coefficient (Wildman–Crippen LogP) is 6.92. The molecule has 0 fully saturated rings. The van der Waals surface area contributed by atoms with Gasteiger partial charge in [0.15, 0.2) is 0 Å². The molecule has 1 aliphatic rings. The van der Waals surface area contributed by atoms with Crippen molar-refractivity contribution in [2.45, 2.75) is 117 Å². The third-order valence-electron chi connectivity index (χ3n) is 5.40. The Morgan fingerprint density at radius 1 is 0.583 bits per heavy atom. The van der Waals surface area contributed by atoms with Crippen molar-refractivity contribution in [1.82, 2.24) is 9.80 Å². The number of nitrogens with zero attached hydrogens (tertiary/aromatic N) is 2. The van der Waals surface area contributed by atoms with Crippen molar-refractivity contribution in [3.8, 4) is 0 Å². The number of hydrogen-bond donors (Lipinski definition) is 0. The zero-order valence-corrected chi connectivity index (χ0v) is 16.9. The summed E-state index contributed by atoms with van der Waals surface area (Å²) in [4.78, 5) is 5.06. The minimum absolute atomic E-state index is 0.632. The molecular weight excluding hydrogens is 292 g/mol. The van der Waals surface area contributed by atoms with E-state index in [1.807, 2.05) is 0 Å². The lowest BCUT2D eigenvalue weighted by Gasteiger charge is -2.32. The van der Waals surface area contributed by atoms with Crippen LogP contribution in [0.3, 0.4) is 0 Å². The average molecular weight is 337 g/mol. The van der Waals surface area contributed by atoms with Crippen molar-refractivity contribution in [1.29, 1.82) is 0 Å². The first kappa shape index (κ1) is 21.4. The standard InChI is InChI=1S/C22H44N2/c1-4-7-8-9-10-11-12-13-14-15-16-17-19-24-21-20-23(6-3)22(24)18-5-2/h20-22H,4-19H2,1-3H3. The molecule has 0 aromatic rings. The van der Waals surface area contributed by atoms with Crippen LogP contribution in [0.25, 0.3) is 0 Å². The summed E-state index contributed by atoms with van der Waals surface area (Å²) in [7, 11) is 0. The molecule has 0 saturated heterocycles.